The van der Waals surface area contributed by atoms with Gasteiger partial charge in [-0.2, -0.15) is 0 Å². The molecule has 0 aromatic carbocycles. The number of ether oxygens (including phenoxy) is 1. The van der Waals surface area contributed by atoms with E-state index in [1.54, 1.807) is 0 Å². The molecule has 0 saturated heterocycles. The average molecular weight is 469 g/mol. The van der Waals surface area contributed by atoms with Crippen molar-refractivity contribution in [3.8, 4) is 0 Å². The van der Waals surface area contributed by atoms with Gasteiger partial charge in [-0.3, -0.25) is 4.79 Å². The van der Waals surface area contributed by atoms with Gasteiger partial charge in [-0.25, -0.2) is 0 Å². The molecule has 3 nitrogen and oxygen atoms in total. The number of aliphatic hydroxyl groups excluding tert-OH is 1. The summed E-state index contributed by atoms with van der Waals surface area (Å²) < 4.78 is 6.20. The molecule has 0 spiro atoms. The molecular weight excluding hydrogens is 420 g/mol. The van der Waals surface area contributed by atoms with Crippen LogP contribution >= 0.6 is 0 Å². The summed E-state index contributed by atoms with van der Waals surface area (Å²) in [4.78, 5) is 13.5. The molecule has 7 saturated carbocycles. The van der Waals surface area contributed by atoms with Crippen molar-refractivity contribution in [3.05, 3.63) is 0 Å². The summed E-state index contributed by atoms with van der Waals surface area (Å²) in [5.74, 6) is 11.2. The van der Waals surface area contributed by atoms with Crippen molar-refractivity contribution in [3.63, 3.8) is 0 Å². The highest BCUT2D eigenvalue weighted by Gasteiger charge is 2.66. The number of carbonyl (C=O) groups is 1. The largest absolute Gasteiger partial charge is 0.465 e. The molecule has 14 atom stereocenters. The van der Waals surface area contributed by atoms with Gasteiger partial charge in [0.25, 0.3) is 0 Å². The van der Waals surface area contributed by atoms with Crippen molar-refractivity contribution < 1.29 is 14.6 Å². The summed E-state index contributed by atoms with van der Waals surface area (Å²) in [5.41, 5.74) is 0.455. The Bertz CT molecular complexity index is 833. The van der Waals surface area contributed by atoms with Crippen LogP contribution in [0.3, 0.4) is 0 Å². The predicted octanol–water partition coefficient (Wildman–Crippen LogP) is 6.05. The van der Waals surface area contributed by atoms with E-state index >= 15 is 0 Å². The maximum atomic E-state index is 13.5. The van der Waals surface area contributed by atoms with Crippen LogP contribution in [0.2, 0.25) is 0 Å². The van der Waals surface area contributed by atoms with Crippen molar-refractivity contribution in [2.24, 2.45) is 94.2 Å². The number of hydrogen-bond acceptors (Lipinski definition) is 3. The lowest BCUT2D eigenvalue weighted by atomic mass is 9.58. The average Bonchev–Trinajstić information content (AvgIpc) is 3.58. The van der Waals surface area contributed by atoms with E-state index in [9.17, 15) is 9.90 Å². The third-order valence-electron chi connectivity index (χ3n) is 13.3. The zero-order valence-electron chi connectivity index (χ0n) is 22.0. The SMILES string of the molecule is CC(C)[C@@H]1C2CC(CC1(C)C)C1C3CC(C(=O)OCC4CC5CC4C4CC(CO)CC54)C(C3)C12. The standard InChI is InChI=1S/C31H48O3/c1-15(2)29-26-11-19(12-31(29,3)4)27-18-9-24(28(26)27)25(10-18)30(33)34-14-20-7-17-8-22(20)23-6-16(13-32)5-21(17)23/h15-29,32H,5-14H2,1-4H3/t16?,17?,18?,19?,20?,21?,22?,23?,24?,25?,26?,27?,28?,29-/m1/s1. The molecular formula is C31H48O3. The van der Waals surface area contributed by atoms with Gasteiger partial charge in [-0.05, 0) is 140 Å². The van der Waals surface area contributed by atoms with Crippen LogP contribution in [0, 0.1) is 94.2 Å². The zero-order chi connectivity index (χ0) is 23.5. The fourth-order valence-electron chi connectivity index (χ4n) is 13.0. The molecule has 7 rings (SSSR count). The van der Waals surface area contributed by atoms with Crippen molar-refractivity contribution in [1.82, 2.24) is 0 Å². The quantitative estimate of drug-likeness (QED) is 0.395. The number of rotatable bonds is 5. The molecule has 0 amide bonds. The first-order valence-electron chi connectivity index (χ1n) is 15.0. The maximum absolute atomic E-state index is 13.5. The van der Waals surface area contributed by atoms with E-state index < -0.39 is 0 Å². The van der Waals surface area contributed by atoms with E-state index in [2.05, 4.69) is 27.7 Å². The summed E-state index contributed by atoms with van der Waals surface area (Å²) in [7, 11) is 0. The number of esters is 1. The van der Waals surface area contributed by atoms with Crippen LogP contribution < -0.4 is 0 Å². The zero-order valence-corrected chi connectivity index (χ0v) is 22.0. The minimum Gasteiger partial charge on any atom is -0.465 e. The second-order valence-electron chi connectivity index (χ2n) is 15.4. The van der Waals surface area contributed by atoms with Crippen LogP contribution in [0.1, 0.15) is 79.1 Å². The predicted molar refractivity (Wildman–Crippen MR) is 132 cm³/mol. The van der Waals surface area contributed by atoms with Gasteiger partial charge >= 0.3 is 5.97 Å². The number of carbonyl (C=O) groups excluding carboxylic acids is 1. The molecule has 7 fully saturated rings. The van der Waals surface area contributed by atoms with Gasteiger partial charge in [0, 0.05) is 6.61 Å². The fourth-order valence-corrected chi connectivity index (χ4v) is 13.0. The molecule has 7 aliphatic rings. The van der Waals surface area contributed by atoms with Crippen LogP contribution in [-0.4, -0.2) is 24.3 Å². The Kier molecular flexibility index (Phi) is 5.13. The Morgan fingerprint density at radius 3 is 2.35 bits per heavy atom. The second kappa shape index (κ2) is 7.72. The minimum atomic E-state index is 0.173. The highest BCUT2D eigenvalue weighted by molar-refractivity contribution is 5.73. The van der Waals surface area contributed by atoms with Crippen LogP contribution in [0.25, 0.3) is 0 Å². The van der Waals surface area contributed by atoms with E-state index in [4.69, 9.17) is 4.74 Å². The van der Waals surface area contributed by atoms with Gasteiger partial charge in [-0.15, -0.1) is 0 Å². The molecule has 0 radical (unpaired) electrons. The topological polar surface area (TPSA) is 46.5 Å². The van der Waals surface area contributed by atoms with Crippen molar-refractivity contribution in [2.45, 2.75) is 79.1 Å². The Morgan fingerprint density at radius 2 is 1.59 bits per heavy atom. The summed E-state index contributed by atoms with van der Waals surface area (Å²) in [6.45, 7) is 11.0. The molecule has 7 aliphatic carbocycles. The van der Waals surface area contributed by atoms with Crippen LogP contribution in [0.5, 0.6) is 0 Å². The van der Waals surface area contributed by atoms with Gasteiger partial charge in [0.15, 0.2) is 0 Å². The number of hydrogen-bond donors (Lipinski definition) is 1. The van der Waals surface area contributed by atoms with Crippen molar-refractivity contribution >= 4 is 5.97 Å². The van der Waals surface area contributed by atoms with Crippen LogP contribution in [-0.2, 0) is 9.53 Å². The Labute approximate surface area is 207 Å². The third kappa shape index (κ3) is 3.07. The molecule has 0 aromatic rings. The highest BCUT2D eigenvalue weighted by atomic mass is 16.5. The number of fused-ring (bicyclic) bond motifs is 14. The van der Waals surface area contributed by atoms with Gasteiger partial charge in [0.1, 0.15) is 0 Å². The first-order valence-corrected chi connectivity index (χ1v) is 15.0. The third-order valence-corrected chi connectivity index (χ3v) is 13.3. The van der Waals surface area contributed by atoms with Crippen LogP contribution in [0.4, 0.5) is 0 Å². The highest BCUT2D eigenvalue weighted by Crippen LogP contribution is 2.71. The van der Waals surface area contributed by atoms with Crippen molar-refractivity contribution in [2.75, 3.05) is 13.2 Å². The van der Waals surface area contributed by atoms with Gasteiger partial charge in [0.05, 0.1) is 12.5 Å². The van der Waals surface area contributed by atoms with E-state index in [0.29, 0.717) is 36.4 Å². The lowest BCUT2D eigenvalue weighted by Crippen LogP contribution is -2.41. The summed E-state index contributed by atoms with van der Waals surface area (Å²) in [5, 5.41) is 9.66. The summed E-state index contributed by atoms with van der Waals surface area (Å²) in [6, 6.07) is 0. The lowest BCUT2D eigenvalue weighted by Gasteiger charge is -2.47. The molecule has 0 aliphatic heterocycles. The number of aliphatic hydroxyl groups is 1. The Morgan fingerprint density at radius 1 is 0.853 bits per heavy atom. The maximum Gasteiger partial charge on any atom is 0.309 e. The first-order chi connectivity index (χ1) is 16.3. The fraction of sp³-hybridized carbons (Fsp3) is 0.968. The molecule has 34 heavy (non-hydrogen) atoms. The van der Waals surface area contributed by atoms with Gasteiger partial charge in [-0.1, -0.05) is 27.7 Å². The Hall–Kier alpha value is -0.570. The van der Waals surface area contributed by atoms with Crippen molar-refractivity contribution in [1.29, 1.82) is 0 Å². The molecule has 0 heterocycles. The van der Waals surface area contributed by atoms with E-state index in [1.165, 1.54) is 44.9 Å². The van der Waals surface area contributed by atoms with Gasteiger partial charge < -0.3 is 9.84 Å². The second-order valence-corrected chi connectivity index (χ2v) is 15.4. The lowest BCUT2D eigenvalue weighted by molar-refractivity contribution is -0.154. The monoisotopic (exact) mass is 468 g/mol. The smallest absolute Gasteiger partial charge is 0.309 e. The van der Waals surface area contributed by atoms with Crippen LogP contribution in [0.15, 0.2) is 0 Å². The molecule has 190 valence electrons. The van der Waals surface area contributed by atoms with E-state index in [0.717, 1.165) is 71.5 Å². The molecule has 0 aromatic heterocycles. The molecule has 3 heteroatoms. The molecule has 13 unspecified atom stereocenters. The molecule has 1 N–H and O–H groups in total. The Balaban J connectivity index is 1.01. The normalized spacial score (nSPS) is 55.7. The summed E-state index contributed by atoms with van der Waals surface area (Å²) in [6.07, 6.45) is 10.4. The van der Waals surface area contributed by atoms with Gasteiger partial charge in [0.2, 0.25) is 0 Å². The van der Waals surface area contributed by atoms with E-state index in [1.807, 2.05) is 0 Å². The first kappa shape index (κ1) is 22.6. The summed E-state index contributed by atoms with van der Waals surface area (Å²) >= 11 is 0. The minimum absolute atomic E-state index is 0.173. The molecule has 6 bridgehead atoms. The van der Waals surface area contributed by atoms with E-state index in [-0.39, 0.29) is 11.9 Å².